The summed E-state index contributed by atoms with van der Waals surface area (Å²) >= 11 is 0. The SMILES string of the molecule is CC(O)(CNC[C@H]1[C@@H](CC=CCCCC(=O)O)[C@H]2CC[C@@H]1O2)C1CCCCC1. The number of aliphatic carboxylic acids is 1. The second-order valence-electron chi connectivity index (χ2n) is 9.43. The Balaban J connectivity index is 1.42. The van der Waals surface area contributed by atoms with Gasteiger partial charge in [0.2, 0.25) is 0 Å². The minimum atomic E-state index is -0.717. The molecule has 3 fully saturated rings. The maximum absolute atomic E-state index is 10.9. The van der Waals surface area contributed by atoms with Crippen molar-refractivity contribution in [3.05, 3.63) is 12.2 Å². The first-order chi connectivity index (χ1) is 13.5. The summed E-state index contributed by atoms with van der Waals surface area (Å²) in [5.41, 5.74) is -0.613. The third-order valence-electron chi connectivity index (χ3n) is 7.27. The largest absolute Gasteiger partial charge is 0.481 e. The second kappa shape index (κ2) is 10.2. The number of aliphatic hydroxyl groups is 1. The maximum atomic E-state index is 10.9. The molecule has 1 unspecified atom stereocenters. The number of nitrogens with one attached hydrogen (secondary N) is 1. The molecule has 0 aromatic heterocycles. The topological polar surface area (TPSA) is 78.8 Å². The molecule has 160 valence electrons. The summed E-state index contributed by atoms with van der Waals surface area (Å²) in [6, 6.07) is 0. The van der Waals surface area contributed by atoms with Crippen LogP contribution in [0.2, 0.25) is 0 Å². The van der Waals surface area contributed by atoms with E-state index in [0.29, 0.717) is 42.9 Å². The van der Waals surface area contributed by atoms with Crippen molar-refractivity contribution in [3.8, 4) is 0 Å². The molecule has 3 aliphatic rings. The third-order valence-corrected chi connectivity index (χ3v) is 7.27. The predicted octanol–water partition coefficient (Wildman–Crippen LogP) is 3.90. The molecule has 2 aliphatic heterocycles. The molecule has 5 nitrogen and oxygen atoms in total. The minimum absolute atomic E-state index is 0.245. The van der Waals surface area contributed by atoms with Crippen molar-refractivity contribution in [2.24, 2.45) is 17.8 Å². The molecule has 1 saturated carbocycles. The van der Waals surface area contributed by atoms with Crippen LogP contribution in [0.3, 0.4) is 0 Å². The number of ether oxygens (including phenoxy) is 1. The Morgan fingerprint density at radius 2 is 1.82 bits per heavy atom. The Morgan fingerprint density at radius 3 is 2.54 bits per heavy atom. The molecule has 3 rings (SSSR count). The predicted molar refractivity (Wildman–Crippen MR) is 110 cm³/mol. The lowest BCUT2D eigenvalue weighted by Crippen LogP contribution is -2.47. The highest BCUT2D eigenvalue weighted by atomic mass is 16.5. The monoisotopic (exact) mass is 393 g/mol. The Bertz CT molecular complexity index is 527. The smallest absolute Gasteiger partial charge is 0.303 e. The highest BCUT2D eigenvalue weighted by Gasteiger charge is 2.48. The number of carbonyl (C=O) groups is 1. The van der Waals surface area contributed by atoms with E-state index in [-0.39, 0.29) is 6.42 Å². The molecule has 0 radical (unpaired) electrons. The van der Waals surface area contributed by atoms with Crippen LogP contribution in [0.1, 0.15) is 77.6 Å². The van der Waals surface area contributed by atoms with Crippen LogP contribution >= 0.6 is 0 Å². The van der Waals surface area contributed by atoms with Crippen molar-refractivity contribution in [3.63, 3.8) is 0 Å². The van der Waals surface area contributed by atoms with Crippen molar-refractivity contribution in [1.82, 2.24) is 5.32 Å². The molecule has 2 bridgehead atoms. The van der Waals surface area contributed by atoms with E-state index in [4.69, 9.17) is 9.84 Å². The van der Waals surface area contributed by atoms with E-state index in [1.54, 1.807) is 0 Å². The highest BCUT2D eigenvalue weighted by Crippen LogP contribution is 2.45. The number of rotatable bonds is 11. The Hall–Kier alpha value is -0.910. The quantitative estimate of drug-likeness (QED) is 0.366. The summed E-state index contributed by atoms with van der Waals surface area (Å²) in [5, 5.41) is 23.2. The van der Waals surface area contributed by atoms with Crippen molar-refractivity contribution in [2.75, 3.05) is 13.1 Å². The van der Waals surface area contributed by atoms with Crippen LogP contribution in [0.5, 0.6) is 0 Å². The fourth-order valence-electron chi connectivity index (χ4n) is 5.58. The average molecular weight is 394 g/mol. The fourth-order valence-corrected chi connectivity index (χ4v) is 5.58. The first kappa shape index (κ1) is 21.8. The lowest BCUT2D eigenvalue weighted by atomic mass is 9.76. The zero-order valence-electron chi connectivity index (χ0n) is 17.4. The van der Waals surface area contributed by atoms with Gasteiger partial charge in [-0.3, -0.25) is 4.79 Å². The summed E-state index contributed by atoms with van der Waals surface area (Å²) in [5.74, 6) is 0.769. The molecular formula is C23H39NO4. The van der Waals surface area contributed by atoms with Crippen LogP contribution in [0.15, 0.2) is 12.2 Å². The Morgan fingerprint density at radius 1 is 1.11 bits per heavy atom. The van der Waals surface area contributed by atoms with Crippen LogP contribution in [0.4, 0.5) is 0 Å². The van der Waals surface area contributed by atoms with Crippen molar-refractivity contribution in [2.45, 2.75) is 95.4 Å². The van der Waals surface area contributed by atoms with Gasteiger partial charge < -0.3 is 20.3 Å². The van der Waals surface area contributed by atoms with Gasteiger partial charge in [0, 0.05) is 25.4 Å². The van der Waals surface area contributed by atoms with Gasteiger partial charge in [-0.2, -0.15) is 0 Å². The van der Waals surface area contributed by atoms with E-state index in [2.05, 4.69) is 17.5 Å². The molecule has 0 spiro atoms. The molecule has 1 aliphatic carbocycles. The Labute approximate surface area is 169 Å². The molecule has 2 saturated heterocycles. The normalized spacial score (nSPS) is 32.8. The van der Waals surface area contributed by atoms with Gasteiger partial charge in [-0.05, 0) is 63.7 Å². The van der Waals surface area contributed by atoms with Gasteiger partial charge >= 0.3 is 5.97 Å². The first-order valence-electron chi connectivity index (χ1n) is 11.4. The van der Waals surface area contributed by atoms with E-state index < -0.39 is 11.6 Å². The lowest BCUT2D eigenvalue weighted by Gasteiger charge is -2.36. The number of hydrogen-bond acceptors (Lipinski definition) is 4. The number of carboxylic acid groups (broad SMARTS) is 1. The van der Waals surface area contributed by atoms with Crippen molar-refractivity contribution in [1.29, 1.82) is 0 Å². The Kier molecular flexibility index (Phi) is 7.95. The van der Waals surface area contributed by atoms with E-state index in [1.165, 1.54) is 25.7 Å². The fraction of sp³-hybridized carbons (Fsp3) is 0.870. The van der Waals surface area contributed by atoms with Gasteiger partial charge in [0.05, 0.1) is 17.8 Å². The molecule has 5 heteroatoms. The van der Waals surface area contributed by atoms with Crippen molar-refractivity contribution < 1.29 is 19.7 Å². The van der Waals surface area contributed by atoms with Crippen molar-refractivity contribution >= 4 is 5.97 Å². The van der Waals surface area contributed by atoms with Crippen LogP contribution in [0, 0.1) is 17.8 Å². The summed E-state index contributed by atoms with van der Waals surface area (Å²) in [7, 11) is 0. The number of fused-ring (bicyclic) bond motifs is 2. The molecule has 2 heterocycles. The first-order valence-corrected chi connectivity index (χ1v) is 11.4. The number of hydrogen-bond donors (Lipinski definition) is 3. The lowest BCUT2D eigenvalue weighted by molar-refractivity contribution is -0.137. The van der Waals surface area contributed by atoms with E-state index in [0.717, 1.165) is 38.6 Å². The zero-order chi connectivity index (χ0) is 20.0. The maximum Gasteiger partial charge on any atom is 0.303 e. The van der Waals surface area contributed by atoms with E-state index >= 15 is 0 Å². The minimum Gasteiger partial charge on any atom is -0.481 e. The summed E-state index contributed by atoms with van der Waals surface area (Å²) in [6.45, 7) is 3.59. The van der Waals surface area contributed by atoms with Crippen LogP contribution in [0.25, 0.3) is 0 Å². The molecule has 5 atom stereocenters. The molecule has 28 heavy (non-hydrogen) atoms. The number of carboxylic acids is 1. The summed E-state index contributed by atoms with van der Waals surface area (Å²) in [4.78, 5) is 10.6. The molecular weight excluding hydrogens is 354 g/mol. The average Bonchev–Trinajstić information content (AvgIpc) is 3.27. The standard InChI is InChI=1S/C23H39NO4/c1-23(27,17-9-5-4-6-10-17)16-24-15-19-18(20-13-14-21(19)28-20)11-7-2-3-8-12-22(25)26/h2,7,17-21,24,27H,3-6,8-16H2,1H3,(H,25,26)/t18-,19+,20-,21+,23?/m1/s1. The zero-order valence-corrected chi connectivity index (χ0v) is 17.4. The van der Waals surface area contributed by atoms with E-state index in [9.17, 15) is 9.90 Å². The second-order valence-corrected chi connectivity index (χ2v) is 9.43. The van der Waals surface area contributed by atoms with Gasteiger partial charge in [0.25, 0.3) is 0 Å². The van der Waals surface area contributed by atoms with Crippen LogP contribution in [-0.2, 0) is 9.53 Å². The van der Waals surface area contributed by atoms with Gasteiger partial charge in [-0.25, -0.2) is 0 Å². The summed E-state index contributed by atoms with van der Waals surface area (Å²) < 4.78 is 6.19. The molecule has 0 aromatic carbocycles. The summed E-state index contributed by atoms with van der Waals surface area (Å²) in [6.07, 6.45) is 16.3. The molecule has 3 N–H and O–H groups in total. The van der Waals surface area contributed by atoms with Crippen LogP contribution < -0.4 is 5.32 Å². The van der Waals surface area contributed by atoms with Gasteiger partial charge in [0.15, 0.2) is 0 Å². The van der Waals surface area contributed by atoms with E-state index in [1.807, 2.05) is 6.92 Å². The number of unbranched alkanes of at least 4 members (excludes halogenated alkanes) is 1. The van der Waals surface area contributed by atoms with Gasteiger partial charge in [-0.15, -0.1) is 0 Å². The molecule has 0 amide bonds. The number of allylic oxidation sites excluding steroid dienone is 2. The van der Waals surface area contributed by atoms with Gasteiger partial charge in [-0.1, -0.05) is 31.4 Å². The highest BCUT2D eigenvalue weighted by molar-refractivity contribution is 5.66. The van der Waals surface area contributed by atoms with Crippen LogP contribution in [-0.4, -0.2) is 47.1 Å². The molecule has 0 aromatic rings. The third kappa shape index (κ3) is 5.80. The van der Waals surface area contributed by atoms with Gasteiger partial charge in [0.1, 0.15) is 0 Å².